The van der Waals surface area contributed by atoms with Crippen LogP contribution in [0.25, 0.3) is 0 Å². The van der Waals surface area contributed by atoms with Crippen molar-refractivity contribution in [3.05, 3.63) is 58.0 Å². The number of hydrogen-bond acceptors (Lipinski definition) is 6. The number of carbonyl (C=O) groups excluding carboxylic acids is 1. The minimum atomic E-state index is -1.45. The Morgan fingerprint density at radius 3 is 2.80 bits per heavy atom. The molecule has 0 N–H and O–H groups in total. The van der Waals surface area contributed by atoms with Gasteiger partial charge in [-0.05, 0) is 26.3 Å². The lowest BCUT2D eigenvalue weighted by molar-refractivity contribution is 0.0360. The first-order chi connectivity index (χ1) is 14.4. The van der Waals surface area contributed by atoms with E-state index >= 15 is 0 Å². The third kappa shape index (κ3) is 6.35. The van der Waals surface area contributed by atoms with Gasteiger partial charge in [0.05, 0.1) is 27.4 Å². The highest BCUT2D eigenvalue weighted by molar-refractivity contribution is 7.87. The van der Waals surface area contributed by atoms with E-state index in [2.05, 4.69) is 16.9 Å². The van der Waals surface area contributed by atoms with E-state index in [0.717, 1.165) is 12.0 Å². The third-order valence-corrected chi connectivity index (χ3v) is 6.26. The summed E-state index contributed by atoms with van der Waals surface area (Å²) in [6.07, 6.45) is 4.08. The molecule has 2 rings (SSSR count). The van der Waals surface area contributed by atoms with Crippen molar-refractivity contribution >= 4 is 40.5 Å². The normalized spacial score (nSPS) is 17.9. The van der Waals surface area contributed by atoms with Gasteiger partial charge in [0, 0.05) is 25.1 Å². The summed E-state index contributed by atoms with van der Waals surface area (Å²) in [7, 11) is -1.45. The molecule has 30 heavy (non-hydrogen) atoms. The number of ether oxygens (including phenoxy) is 1. The molecular weight excluding hydrogens is 426 g/mol. The van der Waals surface area contributed by atoms with E-state index in [1.807, 2.05) is 29.4 Å². The Kier molecular flexibility index (Phi) is 9.42. The minimum Gasteiger partial charge on any atom is -0.454 e. The molecule has 0 saturated carbocycles. The molecule has 1 aromatic carbocycles. The molecule has 0 fully saturated rings. The van der Waals surface area contributed by atoms with Crippen molar-refractivity contribution in [1.29, 1.82) is 0 Å². The van der Waals surface area contributed by atoms with Crippen LogP contribution in [-0.2, 0) is 20.7 Å². The molecule has 1 aliphatic heterocycles. The summed E-state index contributed by atoms with van der Waals surface area (Å²) < 4.78 is 20.4. The van der Waals surface area contributed by atoms with Crippen LogP contribution in [0.4, 0.5) is 0 Å². The number of nitrogens with zero attached hydrogens (tertiary/aromatic N) is 3. The zero-order valence-corrected chi connectivity index (χ0v) is 18.9. The van der Waals surface area contributed by atoms with Gasteiger partial charge in [-0.15, -0.1) is 0 Å². The van der Waals surface area contributed by atoms with Crippen molar-refractivity contribution < 1.29 is 18.7 Å². The summed E-state index contributed by atoms with van der Waals surface area (Å²) in [5.41, 5.74) is 1.87. The quantitative estimate of drug-likeness (QED) is 0.277. The highest BCUT2D eigenvalue weighted by Crippen LogP contribution is 2.33. The van der Waals surface area contributed by atoms with Crippen LogP contribution >= 0.6 is 11.6 Å². The summed E-state index contributed by atoms with van der Waals surface area (Å²) in [5.74, 6) is -0.312. The first-order valence-corrected chi connectivity index (χ1v) is 11.1. The van der Waals surface area contributed by atoms with Crippen LogP contribution in [0.5, 0.6) is 0 Å². The summed E-state index contributed by atoms with van der Waals surface area (Å²) in [6.45, 7) is 10.1. The van der Waals surface area contributed by atoms with Crippen molar-refractivity contribution in [3.63, 3.8) is 0 Å². The molecule has 1 aliphatic rings. The second-order valence-corrected chi connectivity index (χ2v) is 8.48. The van der Waals surface area contributed by atoms with Crippen LogP contribution in [0.1, 0.15) is 55.6 Å². The van der Waals surface area contributed by atoms with E-state index in [9.17, 15) is 9.00 Å². The number of hydrogen-bond donors (Lipinski definition) is 0. The third-order valence-electron chi connectivity index (χ3n) is 4.41. The maximum atomic E-state index is 13.1. The number of allylic oxidation sites excluding steroid dienone is 3. The number of oxime groups is 2. The summed E-state index contributed by atoms with van der Waals surface area (Å²) in [5, 5.41) is 7.68. The molecule has 2 atom stereocenters. The van der Waals surface area contributed by atoms with Gasteiger partial charge in [-0.2, -0.15) is 0 Å². The maximum absolute atomic E-state index is 13.1. The molecule has 9 heteroatoms. The van der Waals surface area contributed by atoms with Crippen LogP contribution in [0.3, 0.4) is 0 Å². The molecule has 0 aliphatic carbocycles. The fourth-order valence-corrected chi connectivity index (χ4v) is 4.09. The van der Waals surface area contributed by atoms with Crippen LogP contribution < -0.4 is 0 Å². The Morgan fingerprint density at radius 2 is 2.13 bits per heavy atom. The Morgan fingerprint density at radius 1 is 1.40 bits per heavy atom. The van der Waals surface area contributed by atoms with Crippen molar-refractivity contribution in [1.82, 2.24) is 4.31 Å². The molecule has 1 aromatic rings. The molecule has 0 aromatic heterocycles. The molecule has 0 amide bonds. The predicted octanol–water partition coefficient (Wildman–Crippen LogP) is 4.70. The molecular formula is C21H26ClN3O4S. The minimum absolute atomic E-state index is 0.253. The number of rotatable bonds is 11. The largest absolute Gasteiger partial charge is 0.454 e. The average molecular weight is 452 g/mol. The molecule has 1 heterocycles. The van der Waals surface area contributed by atoms with Gasteiger partial charge in [0.1, 0.15) is 17.1 Å². The number of halogens is 1. The number of carbonyl (C=O) groups is 1. The zero-order valence-electron chi connectivity index (χ0n) is 17.3. The molecule has 0 radical (unpaired) electrons. The molecule has 0 spiro atoms. The van der Waals surface area contributed by atoms with E-state index in [4.69, 9.17) is 21.3 Å². The van der Waals surface area contributed by atoms with Gasteiger partial charge in [0.25, 0.3) is 0 Å². The smallest absolute Gasteiger partial charge is 0.339 e. The highest BCUT2D eigenvalue weighted by Gasteiger charge is 2.31. The highest BCUT2D eigenvalue weighted by atomic mass is 35.5. The van der Waals surface area contributed by atoms with Crippen molar-refractivity contribution in [2.24, 2.45) is 10.3 Å². The van der Waals surface area contributed by atoms with Crippen LogP contribution in [0, 0.1) is 0 Å². The summed E-state index contributed by atoms with van der Waals surface area (Å²) in [6, 6.07) is 7.35. The zero-order chi connectivity index (χ0) is 22.1. The number of esters is 1. The molecule has 7 nitrogen and oxygen atoms in total. The lowest BCUT2D eigenvalue weighted by Gasteiger charge is -2.22. The van der Waals surface area contributed by atoms with Crippen LogP contribution in [0.2, 0.25) is 0 Å². The topological polar surface area (TPSA) is 80.6 Å². The second kappa shape index (κ2) is 11.8. The first-order valence-electron chi connectivity index (χ1n) is 9.61. The molecule has 0 saturated heterocycles. The number of benzene rings is 1. The van der Waals surface area contributed by atoms with Gasteiger partial charge in [0.2, 0.25) is 0 Å². The van der Waals surface area contributed by atoms with Gasteiger partial charge in [-0.1, -0.05) is 59.7 Å². The molecule has 162 valence electrons. The molecule has 0 bridgehead atoms. The van der Waals surface area contributed by atoms with Gasteiger partial charge in [0.15, 0.2) is 0 Å². The van der Waals surface area contributed by atoms with E-state index in [-0.39, 0.29) is 17.1 Å². The second-order valence-electron chi connectivity index (χ2n) is 6.54. The fourth-order valence-electron chi connectivity index (χ4n) is 2.80. The van der Waals surface area contributed by atoms with Crippen LogP contribution in [0.15, 0.2) is 57.2 Å². The van der Waals surface area contributed by atoms with Crippen molar-refractivity contribution in [3.8, 4) is 0 Å². The Balaban J connectivity index is 2.02. The summed E-state index contributed by atoms with van der Waals surface area (Å²) in [4.78, 5) is 17.3. The van der Waals surface area contributed by atoms with Crippen LogP contribution in [-0.4, -0.2) is 39.5 Å². The van der Waals surface area contributed by atoms with E-state index in [1.54, 1.807) is 26.0 Å². The van der Waals surface area contributed by atoms with E-state index in [1.165, 1.54) is 6.21 Å². The van der Waals surface area contributed by atoms with Gasteiger partial charge < -0.3 is 4.74 Å². The lowest BCUT2D eigenvalue weighted by atomic mass is 10.0. The van der Waals surface area contributed by atoms with Gasteiger partial charge in [-0.3, -0.25) is 0 Å². The first kappa shape index (κ1) is 24.0. The predicted molar refractivity (Wildman–Crippen MR) is 121 cm³/mol. The average Bonchev–Trinajstić information content (AvgIpc) is 3.06. The monoisotopic (exact) mass is 451 g/mol. The van der Waals surface area contributed by atoms with Crippen molar-refractivity contribution in [2.75, 3.05) is 13.1 Å². The van der Waals surface area contributed by atoms with E-state index in [0.29, 0.717) is 35.7 Å². The van der Waals surface area contributed by atoms with E-state index < -0.39 is 11.0 Å². The Labute approximate surface area is 184 Å². The van der Waals surface area contributed by atoms with Crippen molar-refractivity contribution in [2.45, 2.75) is 39.7 Å². The number of cyclic esters (lactones) is 1. The Hall–Kier alpha value is -2.29. The summed E-state index contributed by atoms with van der Waals surface area (Å²) >= 11 is 5.70. The number of fused-ring (bicyclic) bond motifs is 1. The standard InChI is InChI=1S/C21H26ClN3O4S/c1-5-12-25(13-11-20-18-9-7-8-10-19(18)21(26)28-20)30(27)17(6-2)14-23-29-24-16(4)15(3)22/h6-10,14,20H,3,5,11-13H2,1-2,4H3/b17-6+,23-14+,24-16+. The fraction of sp³-hybridized carbons (Fsp3) is 0.381. The maximum Gasteiger partial charge on any atom is 0.339 e. The lowest BCUT2D eigenvalue weighted by Crippen LogP contribution is -2.30. The SMILES string of the molecule is C=C(Cl)/C(C)=N/O/N=C/C(=C\C)S(=O)N(CCC)CCC1OC(=O)c2ccccc21. The van der Waals surface area contributed by atoms with Gasteiger partial charge >= 0.3 is 5.97 Å². The molecule has 2 unspecified atom stereocenters. The van der Waals surface area contributed by atoms with Gasteiger partial charge in [-0.25, -0.2) is 18.2 Å². The Bertz CT molecular complexity index is 898.